The van der Waals surface area contributed by atoms with E-state index in [2.05, 4.69) is 17.6 Å². The molecular weight excluding hydrogens is 502 g/mol. The zero-order valence-electron chi connectivity index (χ0n) is 23.8. The SMILES string of the molecule is CC1CCC(N(C(=O)C2CCC(NC(=O)CC3CCC(S(=O)(=O)CC4CC4)NC3)CC2)C(C)(C)CO)CC1. The molecule has 0 radical (unpaired) electrons. The third kappa shape index (κ3) is 7.72. The van der Waals surface area contributed by atoms with Gasteiger partial charge in [0, 0.05) is 24.4 Å². The van der Waals surface area contributed by atoms with Gasteiger partial charge >= 0.3 is 0 Å². The number of nitrogens with zero attached hydrogens (tertiary/aromatic N) is 1. The number of carbonyl (C=O) groups excluding carboxylic acids is 2. The molecule has 0 aromatic heterocycles. The number of aliphatic hydroxyl groups excluding tert-OH is 1. The highest BCUT2D eigenvalue weighted by atomic mass is 32.2. The second kappa shape index (κ2) is 12.5. The highest BCUT2D eigenvalue weighted by Gasteiger charge is 2.41. The number of amides is 2. The van der Waals surface area contributed by atoms with Gasteiger partial charge in [-0.3, -0.25) is 9.59 Å². The number of hydrogen-bond acceptors (Lipinski definition) is 6. The minimum Gasteiger partial charge on any atom is -0.394 e. The number of rotatable bonds is 10. The average molecular weight is 554 g/mol. The summed E-state index contributed by atoms with van der Waals surface area (Å²) in [5, 5.41) is 16.0. The van der Waals surface area contributed by atoms with Crippen LogP contribution in [0, 0.1) is 23.7 Å². The van der Waals surface area contributed by atoms with Crippen LogP contribution in [0.15, 0.2) is 0 Å². The van der Waals surface area contributed by atoms with Crippen LogP contribution < -0.4 is 10.6 Å². The van der Waals surface area contributed by atoms with Crippen LogP contribution in [0.25, 0.3) is 0 Å². The number of nitrogens with one attached hydrogen (secondary N) is 2. The Morgan fingerprint density at radius 2 is 1.55 bits per heavy atom. The fourth-order valence-electron chi connectivity index (χ4n) is 6.88. The van der Waals surface area contributed by atoms with Crippen LogP contribution in [0.1, 0.15) is 104 Å². The van der Waals surface area contributed by atoms with Crippen molar-refractivity contribution in [1.82, 2.24) is 15.5 Å². The quantitative estimate of drug-likeness (QED) is 0.382. The van der Waals surface area contributed by atoms with E-state index < -0.39 is 20.8 Å². The van der Waals surface area contributed by atoms with Crippen molar-refractivity contribution in [1.29, 1.82) is 0 Å². The third-order valence-electron chi connectivity index (χ3n) is 9.61. The zero-order chi connectivity index (χ0) is 27.5. The van der Waals surface area contributed by atoms with Gasteiger partial charge in [0.05, 0.1) is 17.9 Å². The van der Waals surface area contributed by atoms with E-state index in [1.807, 2.05) is 18.7 Å². The Labute approximate surface area is 230 Å². The molecule has 3 aliphatic carbocycles. The first-order valence-electron chi connectivity index (χ1n) is 15.2. The van der Waals surface area contributed by atoms with Gasteiger partial charge < -0.3 is 20.6 Å². The van der Waals surface area contributed by atoms with Gasteiger partial charge in [-0.05, 0) is 115 Å². The number of piperidine rings is 1. The van der Waals surface area contributed by atoms with E-state index in [1.54, 1.807) is 0 Å². The summed E-state index contributed by atoms with van der Waals surface area (Å²) in [5.41, 5.74) is -0.572. The Morgan fingerprint density at radius 1 is 0.921 bits per heavy atom. The molecule has 3 saturated carbocycles. The molecule has 0 aromatic carbocycles. The monoisotopic (exact) mass is 553 g/mol. The molecular formula is C29H51N3O5S. The van der Waals surface area contributed by atoms with Crippen molar-refractivity contribution < 1.29 is 23.1 Å². The predicted molar refractivity (Wildman–Crippen MR) is 149 cm³/mol. The van der Waals surface area contributed by atoms with Crippen molar-refractivity contribution >= 4 is 21.7 Å². The van der Waals surface area contributed by atoms with Crippen molar-refractivity contribution in [2.75, 3.05) is 18.9 Å². The van der Waals surface area contributed by atoms with Gasteiger partial charge in [-0.25, -0.2) is 8.42 Å². The Bertz CT molecular complexity index is 910. The van der Waals surface area contributed by atoms with Gasteiger partial charge in [0.1, 0.15) is 5.37 Å². The van der Waals surface area contributed by atoms with Gasteiger partial charge in [-0.15, -0.1) is 0 Å². The molecule has 2 atom stereocenters. The lowest BCUT2D eigenvalue weighted by Crippen LogP contribution is -2.58. The molecule has 0 spiro atoms. The van der Waals surface area contributed by atoms with Crippen molar-refractivity contribution in [3.63, 3.8) is 0 Å². The van der Waals surface area contributed by atoms with Crippen molar-refractivity contribution in [3.05, 3.63) is 0 Å². The molecule has 3 N–H and O–H groups in total. The number of aliphatic hydroxyl groups is 1. The minimum atomic E-state index is -3.09. The number of carbonyl (C=O) groups is 2. The number of hydrogen-bond donors (Lipinski definition) is 3. The molecule has 2 unspecified atom stereocenters. The summed E-state index contributed by atoms with van der Waals surface area (Å²) in [4.78, 5) is 28.5. The van der Waals surface area contributed by atoms with E-state index in [0.29, 0.717) is 37.0 Å². The van der Waals surface area contributed by atoms with Crippen molar-refractivity contribution in [2.24, 2.45) is 23.7 Å². The number of sulfone groups is 1. The van der Waals surface area contributed by atoms with Crippen LogP contribution in [0.5, 0.6) is 0 Å². The summed E-state index contributed by atoms with van der Waals surface area (Å²) in [5.74, 6) is 1.67. The normalized spacial score (nSPS) is 32.9. The maximum Gasteiger partial charge on any atom is 0.226 e. The van der Waals surface area contributed by atoms with Crippen molar-refractivity contribution in [3.8, 4) is 0 Å². The summed E-state index contributed by atoms with van der Waals surface area (Å²) in [7, 11) is -3.09. The van der Waals surface area contributed by atoms with Crippen LogP contribution in [0.2, 0.25) is 0 Å². The van der Waals surface area contributed by atoms with E-state index in [-0.39, 0.29) is 42.3 Å². The summed E-state index contributed by atoms with van der Waals surface area (Å²) >= 11 is 0. The van der Waals surface area contributed by atoms with Crippen molar-refractivity contribution in [2.45, 2.75) is 127 Å². The van der Waals surface area contributed by atoms with Gasteiger partial charge in [-0.2, -0.15) is 0 Å². The molecule has 8 nitrogen and oxygen atoms in total. The van der Waals surface area contributed by atoms with Crippen LogP contribution in [0.3, 0.4) is 0 Å². The molecule has 38 heavy (non-hydrogen) atoms. The predicted octanol–water partition coefficient (Wildman–Crippen LogP) is 3.38. The Balaban J connectivity index is 1.21. The fraction of sp³-hybridized carbons (Fsp3) is 0.931. The first-order valence-corrected chi connectivity index (χ1v) is 16.9. The molecule has 4 fully saturated rings. The summed E-state index contributed by atoms with van der Waals surface area (Å²) in [6, 6.07) is 0.287. The standard InChI is InChI=1S/C29H51N3O5S/c1-20-4-13-25(14-5-20)32(29(2,3)19-33)28(35)23-9-11-24(12-10-23)31-26(34)16-22-8-15-27(30-17-22)38(36,37)18-21-6-7-21/h20-25,27,30,33H,4-19H2,1-3H3,(H,31,34). The van der Waals surface area contributed by atoms with E-state index in [9.17, 15) is 23.1 Å². The lowest BCUT2D eigenvalue weighted by Gasteiger charge is -2.47. The molecule has 0 aromatic rings. The lowest BCUT2D eigenvalue weighted by atomic mass is 9.81. The highest BCUT2D eigenvalue weighted by Crippen LogP contribution is 2.36. The second-order valence-electron chi connectivity index (χ2n) is 13.5. The smallest absolute Gasteiger partial charge is 0.226 e. The minimum absolute atomic E-state index is 0.0326. The third-order valence-corrected chi connectivity index (χ3v) is 11.8. The topological polar surface area (TPSA) is 116 Å². The van der Waals surface area contributed by atoms with E-state index in [0.717, 1.165) is 70.6 Å². The largest absolute Gasteiger partial charge is 0.394 e. The summed E-state index contributed by atoms with van der Waals surface area (Å²) < 4.78 is 25.1. The maximum atomic E-state index is 13.7. The van der Waals surface area contributed by atoms with Crippen LogP contribution in [-0.4, -0.2) is 72.1 Å². The molecule has 1 heterocycles. The summed E-state index contributed by atoms with van der Waals surface area (Å²) in [6.45, 7) is 6.75. The average Bonchev–Trinajstić information content (AvgIpc) is 3.69. The first kappa shape index (κ1) is 29.8. The van der Waals surface area contributed by atoms with Gasteiger partial charge in [0.2, 0.25) is 11.8 Å². The molecule has 4 rings (SSSR count). The Hall–Kier alpha value is -1.19. The van der Waals surface area contributed by atoms with Crippen LogP contribution in [0.4, 0.5) is 0 Å². The molecule has 2 amide bonds. The maximum absolute atomic E-state index is 13.7. The molecule has 4 aliphatic rings. The van der Waals surface area contributed by atoms with E-state index in [4.69, 9.17) is 0 Å². The second-order valence-corrected chi connectivity index (χ2v) is 15.8. The molecule has 1 saturated heterocycles. The van der Waals surface area contributed by atoms with E-state index in [1.165, 1.54) is 0 Å². The first-order chi connectivity index (χ1) is 18.0. The molecule has 1 aliphatic heterocycles. The molecule has 218 valence electrons. The van der Waals surface area contributed by atoms with Gasteiger partial charge in [0.25, 0.3) is 0 Å². The van der Waals surface area contributed by atoms with Crippen LogP contribution in [-0.2, 0) is 19.4 Å². The summed E-state index contributed by atoms with van der Waals surface area (Å²) in [6.07, 6.45) is 11.2. The zero-order valence-corrected chi connectivity index (χ0v) is 24.6. The Morgan fingerprint density at radius 3 is 2.11 bits per heavy atom. The molecule has 0 bridgehead atoms. The van der Waals surface area contributed by atoms with Gasteiger partial charge in [-0.1, -0.05) is 6.92 Å². The lowest BCUT2D eigenvalue weighted by molar-refractivity contribution is -0.149. The van der Waals surface area contributed by atoms with Gasteiger partial charge in [0.15, 0.2) is 9.84 Å². The van der Waals surface area contributed by atoms with E-state index >= 15 is 0 Å². The molecule has 9 heteroatoms. The highest BCUT2D eigenvalue weighted by molar-refractivity contribution is 7.92. The Kier molecular flexibility index (Phi) is 9.83. The fourth-order valence-corrected chi connectivity index (χ4v) is 8.95. The van der Waals surface area contributed by atoms with Crippen LogP contribution >= 0.6 is 0 Å².